The van der Waals surface area contributed by atoms with Gasteiger partial charge in [0, 0.05) is 6.42 Å². The second kappa shape index (κ2) is 5.82. The molecule has 0 amide bonds. The summed E-state index contributed by atoms with van der Waals surface area (Å²) >= 11 is 0. The number of hydrogen-bond acceptors (Lipinski definition) is 5. The number of rotatable bonds is 4. The number of hydrogen-bond donors (Lipinski definition) is 1. The lowest BCUT2D eigenvalue weighted by Gasteiger charge is -2.41. The van der Waals surface area contributed by atoms with Gasteiger partial charge in [-0.05, 0) is 37.6 Å². The van der Waals surface area contributed by atoms with Crippen LogP contribution in [0.2, 0.25) is 0 Å². The largest absolute Gasteiger partial charge is 0.302 e. The molecule has 7 heteroatoms. The lowest BCUT2D eigenvalue weighted by molar-refractivity contribution is -0.133. The molecule has 0 aromatic heterocycles. The van der Waals surface area contributed by atoms with Gasteiger partial charge in [0.15, 0.2) is 5.78 Å². The zero-order chi connectivity index (χ0) is 15.7. The Morgan fingerprint density at radius 2 is 1.95 bits per heavy atom. The highest BCUT2D eigenvalue weighted by Crippen LogP contribution is 2.37. The van der Waals surface area contributed by atoms with Gasteiger partial charge in [0.05, 0.1) is 6.26 Å². The Labute approximate surface area is 123 Å². The van der Waals surface area contributed by atoms with Crippen LogP contribution in [0.25, 0.3) is 0 Å². The summed E-state index contributed by atoms with van der Waals surface area (Å²) in [4.78, 5) is 12.5. The van der Waals surface area contributed by atoms with Crippen molar-refractivity contribution in [2.24, 2.45) is 0 Å². The van der Waals surface area contributed by atoms with E-state index >= 15 is 0 Å². The highest BCUT2D eigenvalue weighted by molar-refractivity contribution is 7.86. The minimum atomic E-state index is -3.71. The molecule has 0 bridgehead atoms. The molecule has 2 atom stereocenters. The number of likely N-dealkylation sites (N-methyl/N-ethyl adjacent to an activating group) is 1. The summed E-state index contributed by atoms with van der Waals surface area (Å²) in [5.74, 6) is -0.578. The Hall–Kier alpha value is -1.31. The first-order valence-electron chi connectivity index (χ1n) is 6.66. The number of Topliss-reactive ketones (excluding diaryl/α,β-unsaturated/α-hetero) is 1. The summed E-state index contributed by atoms with van der Waals surface area (Å²) < 4.78 is 41.2. The average Bonchev–Trinajstić information content (AvgIpc) is 2.39. The van der Waals surface area contributed by atoms with Crippen molar-refractivity contribution in [1.29, 1.82) is 0 Å². The van der Waals surface area contributed by atoms with Gasteiger partial charge in [0.2, 0.25) is 0 Å². The van der Waals surface area contributed by atoms with E-state index in [-0.39, 0.29) is 5.78 Å². The van der Waals surface area contributed by atoms with E-state index in [9.17, 15) is 17.6 Å². The topological polar surface area (TPSA) is 72.5 Å². The first-order valence-corrected chi connectivity index (χ1v) is 8.48. The third-order valence-corrected chi connectivity index (χ3v) is 4.36. The van der Waals surface area contributed by atoms with Crippen LogP contribution in [-0.4, -0.2) is 33.6 Å². The van der Waals surface area contributed by atoms with Crippen molar-refractivity contribution in [3.8, 4) is 0 Å². The molecule has 21 heavy (non-hydrogen) atoms. The van der Waals surface area contributed by atoms with Crippen LogP contribution < -0.4 is 5.32 Å². The minimum Gasteiger partial charge on any atom is -0.302 e. The SMILES string of the molecule is CN[C@]1(c2ccc(F)cc2)C(=O)CCCC1OS(C)(=O)=O. The predicted molar refractivity (Wildman–Crippen MR) is 75.7 cm³/mol. The van der Waals surface area contributed by atoms with E-state index in [1.54, 1.807) is 7.05 Å². The lowest BCUT2D eigenvalue weighted by Crippen LogP contribution is -2.59. The second-order valence-corrected chi connectivity index (χ2v) is 6.77. The maximum Gasteiger partial charge on any atom is 0.264 e. The standard InChI is InChI=1S/C14H18FNO4S/c1-16-14(10-6-8-11(15)9-7-10)12(17)4-3-5-13(14)20-21(2,18)19/h6-9,13,16H,3-5H2,1-2H3/t13?,14-/m1/s1. The van der Waals surface area contributed by atoms with Crippen molar-refractivity contribution in [2.75, 3.05) is 13.3 Å². The first-order chi connectivity index (χ1) is 9.79. The molecule has 0 heterocycles. The lowest BCUT2D eigenvalue weighted by atomic mass is 9.73. The molecule has 1 aromatic rings. The zero-order valence-corrected chi connectivity index (χ0v) is 12.7. The normalized spacial score (nSPS) is 26.8. The number of halogens is 1. The second-order valence-electron chi connectivity index (χ2n) is 5.17. The van der Waals surface area contributed by atoms with Crippen molar-refractivity contribution in [3.63, 3.8) is 0 Å². The van der Waals surface area contributed by atoms with E-state index in [1.165, 1.54) is 24.3 Å². The molecule has 1 saturated carbocycles. The predicted octanol–water partition coefficient (Wildman–Crippen LogP) is 1.34. The van der Waals surface area contributed by atoms with Crippen molar-refractivity contribution in [1.82, 2.24) is 5.32 Å². The van der Waals surface area contributed by atoms with Crippen LogP contribution in [-0.2, 0) is 24.6 Å². The summed E-state index contributed by atoms with van der Waals surface area (Å²) in [7, 11) is -2.14. The van der Waals surface area contributed by atoms with Crippen molar-refractivity contribution >= 4 is 15.9 Å². The van der Waals surface area contributed by atoms with Crippen molar-refractivity contribution in [3.05, 3.63) is 35.6 Å². The summed E-state index contributed by atoms with van der Waals surface area (Å²) in [6.07, 6.45) is 1.42. The van der Waals surface area contributed by atoms with Gasteiger partial charge in [-0.2, -0.15) is 8.42 Å². The van der Waals surface area contributed by atoms with Gasteiger partial charge in [-0.3, -0.25) is 8.98 Å². The molecule has 1 aliphatic carbocycles. The van der Waals surface area contributed by atoms with Gasteiger partial charge in [0.25, 0.3) is 10.1 Å². The summed E-state index contributed by atoms with van der Waals surface area (Å²) in [6.45, 7) is 0. The van der Waals surface area contributed by atoms with Gasteiger partial charge in [0.1, 0.15) is 17.5 Å². The molecule has 1 unspecified atom stereocenters. The Morgan fingerprint density at radius 1 is 1.33 bits per heavy atom. The van der Waals surface area contributed by atoms with Crippen LogP contribution in [0.4, 0.5) is 4.39 Å². The Morgan fingerprint density at radius 3 is 2.48 bits per heavy atom. The molecular formula is C14H18FNO4S. The smallest absolute Gasteiger partial charge is 0.264 e. The Kier molecular flexibility index (Phi) is 4.46. The summed E-state index contributed by atoms with van der Waals surface area (Å²) in [5.41, 5.74) is -0.764. The number of benzene rings is 1. The molecule has 0 spiro atoms. The zero-order valence-electron chi connectivity index (χ0n) is 11.9. The van der Waals surface area contributed by atoms with Gasteiger partial charge >= 0.3 is 0 Å². The highest BCUT2D eigenvalue weighted by atomic mass is 32.2. The highest BCUT2D eigenvalue weighted by Gasteiger charge is 2.49. The fraction of sp³-hybridized carbons (Fsp3) is 0.500. The molecular weight excluding hydrogens is 297 g/mol. The van der Waals surface area contributed by atoms with Gasteiger partial charge in [-0.25, -0.2) is 4.39 Å². The van der Waals surface area contributed by atoms with Crippen LogP contribution in [0.15, 0.2) is 24.3 Å². The third kappa shape index (κ3) is 3.14. The first kappa shape index (κ1) is 16.1. The number of carbonyl (C=O) groups excluding carboxylic acids is 1. The molecule has 1 N–H and O–H groups in total. The summed E-state index contributed by atoms with van der Waals surface area (Å²) in [5, 5.41) is 2.91. The van der Waals surface area contributed by atoms with E-state index in [0.717, 1.165) is 6.26 Å². The van der Waals surface area contributed by atoms with Crippen molar-refractivity contribution < 1.29 is 21.8 Å². The van der Waals surface area contributed by atoms with Crippen molar-refractivity contribution in [2.45, 2.75) is 30.9 Å². The molecule has 1 fully saturated rings. The molecule has 0 radical (unpaired) electrons. The van der Waals surface area contributed by atoms with E-state index in [0.29, 0.717) is 24.8 Å². The van der Waals surface area contributed by atoms with Gasteiger partial charge in [-0.1, -0.05) is 12.1 Å². The molecule has 1 aromatic carbocycles. The number of nitrogens with one attached hydrogen (secondary N) is 1. The molecule has 1 aliphatic rings. The Bertz CT molecular complexity index is 629. The fourth-order valence-electron chi connectivity index (χ4n) is 2.88. The maximum atomic E-state index is 13.1. The van der Waals surface area contributed by atoms with Crippen LogP contribution in [0.5, 0.6) is 0 Å². The van der Waals surface area contributed by atoms with Crippen LogP contribution in [0, 0.1) is 5.82 Å². The summed E-state index contributed by atoms with van der Waals surface area (Å²) in [6, 6.07) is 5.45. The van der Waals surface area contributed by atoms with Crippen LogP contribution in [0.1, 0.15) is 24.8 Å². The number of ketones is 1. The molecule has 116 valence electrons. The van der Waals surface area contributed by atoms with E-state index in [2.05, 4.69) is 5.32 Å². The van der Waals surface area contributed by atoms with E-state index < -0.39 is 27.6 Å². The Balaban J connectivity index is 2.52. The monoisotopic (exact) mass is 315 g/mol. The van der Waals surface area contributed by atoms with Gasteiger partial charge < -0.3 is 5.32 Å². The molecule has 0 aliphatic heterocycles. The third-order valence-electron chi connectivity index (χ3n) is 3.78. The minimum absolute atomic E-state index is 0.156. The molecule has 2 rings (SSSR count). The van der Waals surface area contributed by atoms with Gasteiger partial charge in [-0.15, -0.1) is 0 Å². The molecule has 5 nitrogen and oxygen atoms in total. The number of carbonyl (C=O) groups is 1. The quantitative estimate of drug-likeness (QED) is 0.849. The van der Waals surface area contributed by atoms with E-state index in [4.69, 9.17) is 4.18 Å². The van der Waals surface area contributed by atoms with E-state index in [1.807, 2.05) is 0 Å². The average molecular weight is 315 g/mol. The van der Waals surface area contributed by atoms with Crippen LogP contribution >= 0.6 is 0 Å². The fourth-order valence-corrected chi connectivity index (χ4v) is 3.54. The maximum absolute atomic E-state index is 13.1. The van der Waals surface area contributed by atoms with Crippen LogP contribution in [0.3, 0.4) is 0 Å². The molecule has 0 saturated heterocycles.